The molecule has 2 aromatic rings. The van der Waals surface area contributed by atoms with Gasteiger partial charge >= 0.3 is 12.2 Å². The van der Waals surface area contributed by atoms with Gasteiger partial charge < -0.3 is 5.32 Å². The third-order valence-electron chi connectivity index (χ3n) is 3.94. The van der Waals surface area contributed by atoms with Crippen molar-refractivity contribution in [2.75, 3.05) is 4.90 Å². The third kappa shape index (κ3) is 3.15. The van der Waals surface area contributed by atoms with E-state index >= 15 is 0 Å². The van der Waals surface area contributed by atoms with E-state index in [1.807, 2.05) is 0 Å². The summed E-state index contributed by atoms with van der Waals surface area (Å²) in [6, 6.07) is 5.60. The highest BCUT2D eigenvalue weighted by atomic mass is 19.4. The fraction of sp³-hybridized carbons (Fsp3) is 0.118. The number of rotatable bonds is 3. The molecule has 1 atom stereocenters. The Kier molecular flexibility index (Phi) is 4.53. The Labute approximate surface area is 153 Å². The van der Waals surface area contributed by atoms with Crippen LogP contribution in [0.3, 0.4) is 0 Å². The van der Waals surface area contributed by atoms with Crippen molar-refractivity contribution in [3.63, 3.8) is 0 Å². The number of imide groups is 1. The zero-order valence-corrected chi connectivity index (χ0v) is 13.7. The van der Waals surface area contributed by atoms with Gasteiger partial charge in [0.2, 0.25) is 0 Å². The van der Waals surface area contributed by atoms with Crippen LogP contribution in [0.4, 0.5) is 32.4 Å². The van der Waals surface area contributed by atoms with Gasteiger partial charge in [-0.15, -0.1) is 0 Å². The van der Waals surface area contributed by atoms with Crippen molar-refractivity contribution < 1.29 is 36.3 Å². The van der Waals surface area contributed by atoms with Crippen LogP contribution in [0.1, 0.15) is 10.4 Å². The maximum Gasteiger partial charge on any atom is 0.440 e. The van der Waals surface area contributed by atoms with Crippen LogP contribution < -0.4 is 15.5 Å². The highest BCUT2D eigenvalue weighted by molar-refractivity contribution is 6.24. The second-order valence-corrected chi connectivity index (χ2v) is 5.76. The second kappa shape index (κ2) is 6.59. The number of benzene rings is 2. The summed E-state index contributed by atoms with van der Waals surface area (Å²) < 4.78 is 67.2. The number of hydrogen-bond acceptors (Lipinski definition) is 3. The first-order valence-electron chi connectivity index (χ1n) is 7.62. The number of urea groups is 1. The first-order valence-corrected chi connectivity index (χ1v) is 7.62. The van der Waals surface area contributed by atoms with E-state index in [0.29, 0.717) is 0 Å². The Morgan fingerprint density at radius 1 is 0.929 bits per heavy atom. The van der Waals surface area contributed by atoms with Crippen molar-refractivity contribution in [3.8, 4) is 0 Å². The number of nitrogens with one attached hydrogen (secondary N) is 2. The minimum atomic E-state index is -5.41. The van der Waals surface area contributed by atoms with Gasteiger partial charge in [0.05, 0.1) is 5.69 Å². The Morgan fingerprint density at radius 3 is 1.93 bits per heavy atom. The molecule has 2 N–H and O–H groups in total. The van der Waals surface area contributed by atoms with E-state index in [1.165, 1.54) is 10.6 Å². The van der Waals surface area contributed by atoms with Crippen molar-refractivity contribution in [2.24, 2.45) is 0 Å². The van der Waals surface area contributed by atoms with Crippen LogP contribution in [0.15, 0.2) is 48.5 Å². The highest BCUT2D eigenvalue weighted by Gasteiger charge is 2.69. The summed E-state index contributed by atoms with van der Waals surface area (Å²) in [5, 5.41) is 2.92. The fourth-order valence-electron chi connectivity index (χ4n) is 2.55. The lowest BCUT2D eigenvalue weighted by atomic mass is 10.1. The number of alkyl halides is 3. The number of hydrogen-bond donors (Lipinski definition) is 2. The molecule has 1 fully saturated rings. The molecule has 1 heterocycles. The molecule has 0 aliphatic carbocycles. The van der Waals surface area contributed by atoms with Crippen molar-refractivity contribution in [1.82, 2.24) is 10.6 Å². The van der Waals surface area contributed by atoms with Crippen LogP contribution in [0, 0.1) is 11.6 Å². The molecule has 0 spiro atoms. The average Bonchev–Trinajstić information content (AvgIpc) is 2.87. The zero-order valence-electron chi connectivity index (χ0n) is 13.7. The van der Waals surface area contributed by atoms with Gasteiger partial charge in [-0.05, 0) is 48.5 Å². The molecule has 4 amide bonds. The summed E-state index contributed by atoms with van der Waals surface area (Å²) in [4.78, 5) is 37.0. The first-order chi connectivity index (χ1) is 13.0. The van der Waals surface area contributed by atoms with E-state index in [-0.39, 0.29) is 16.2 Å². The molecule has 3 rings (SSSR count). The molecular weight excluding hydrogens is 389 g/mol. The number of carbonyl (C=O) groups excluding carboxylic acids is 3. The van der Waals surface area contributed by atoms with Gasteiger partial charge in [-0.3, -0.25) is 14.9 Å². The lowest BCUT2D eigenvalue weighted by molar-refractivity contribution is -0.197. The molecule has 1 aliphatic heterocycles. The summed E-state index contributed by atoms with van der Waals surface area (Å²) >= 11 is 0. The lowest BCUT2D eigenvalue weighted by Crippen LogP contribution is -2.69. The van der Waals surface area contributed by atoms with Crippen molar-refractivity contribution in [1.29, 1.82) is 0 Å². The van der Waals surface area contributed by atoms with Gasteiger partial charge in [-0.25, -0.2) is 18.5 Å². The molecule has 0 saturated carbocycles. The minimum absolute atomic E-state index is 0.137. The van der Waals surface area contributed by atoms with E-state index < -0.39 is 41.3 Å². The van der Waals surface area contributed by atoms with Crippen molar-refractivity contribution in [2.45, 2.75) is 11.8 Å². The molecule has 2 aromatic carbocycles. The lowest BCUT2D eigenvalue weighted by Gasteiger charge is -2.29. The maximum atomic E-state index is 13.7. The fourth-order valence-corrected chi connectivity index (χ4v) is 2.55. The van der Waals surface area contributed by atoms with Gasteiger partial charge in [0.15, 0.2) is 0 Å². The van der Waals surface area contributed by atoms with E-state index in [0.717, 1.165) is 48.5 Å². The van der Waals surface area contributed by atoms with Crippen LogP contribution in [-0.2, 0) is 4.79 Å². The van der Waals surface area contributed by atoms with Gasteiger partial charge in [0, 0.05) is 5.56 Å². The Hall–Kier alpha value is -3.50. The molecule has 6 nitrogen and oxygen atoms in total. The SMILES string of the molecule is O=C(NC1(C(F)(F)F)NC(=O)N(c2ccc(F)cc2)C1=O)c1ccc(F)cc1. The van der Waals surface area contributed by atoms with Gasteiger partial charge in [0.25, 0.3) is 17.5 Å². The first kappa shape index (κ1) is 19.3. The van der Waals surface area contributed by atoms with Crippen LogP contribution in [0.2, 0.25) is 0 Å². The van der Waals surface area contributed by atoms with Gasteiger partial charge in [-0.1, -0.05) is 0 Å². The third-order valence-corrected chi connectivity index (χ3v) is 3.94. The number of anilines is 1. The summed E-state index contributed by atoms with van der Waals surface area (Å²) in [6.07, 6.45) is -5.41. The van der Waals surface area contributed by atoms with Crippen LogP contribution >= 0.6 is 0 Å². The summed E-state index contributed by atoms with van der Waals surface area (Å²) in [6.45, 7) is 0. The Bertz CT molecular complexity index is 944. The number of halogens is 5. The topological polar surface area (TPSA) is 78.5 Å². The molecule has 1 unspecified atom stereocenters. The largest absolute Gasteiger partial charge is 0.440 e. The van der Waals surface area contributed by atoms with Gasteiger partial charge in [0.1, 0.15) is 11.6 Å². The van der Waals surface area contributed by atoms with Crippen molar-refractivity contribution >= 4 is 23.5 Å². The molecular formula is C17H10F5N3O3. The molecule has 28 heavy (non-hydrogen) atoms. The predicted octanol–water partition coefficient (Wildman–Crippen LogP) is 2.71. The Balaban J connectivity index is 1.99. The quantitative estimate of drug-likeness (QED) is 0.616. The number of nitrogens with zero attached hydrogens (tertiary/aromatic N) is 1. The standard InChI is InChI=1S/C17H10F5N3O3/c18-10-3-1-9(2-4-10)13(26)23-16(17(20,21)22)14(27)25(15(28)24-16)12-7-5-11(19)6-8-12/h1-8H,(H,23,26)(H,24,28). The zero-order chi connectivity index (χ0) is 20.7. The van der Waals surface area contributed by atoms with E-state index in [1.54, 1.807) is 0 Å². The van der Waals surface area contributed by atoms with Crippen LogP contribution in [-0.4, -0.2) is 29.7 Å². The summed E-state index contributed by atoms with van der Waals surface area (Å²) in [5.74, 6) is -4.66. The number of amides is 4. The Morgan fingerprint density at radius 2 is 1.43 bits per heavy atom. The average molecular weight is 399 g/mol. The molecule has 0 aromatic heterocycles. The molecule has 0 bridgehead atoms. The maximum absolute atomic E-state index is 13.7. The smallest absolute Gasteiger partial charge is 0.314 e. The highest BCUT2D eigenvalue weighted by Crippen LogP contribution is 2.36. The van der Waals surface area contributed by atoms with E-state index in [4.69, 9.17) is 0 Å². The number of carbonyl (C=O) groups is 3. The monoisotopic (exact) mass is 399 g/mol. The van der Waals surface area contributed by atoms with Crippen molar-refractivity contribution in [3.05, 3.63) is 65.7 Å². The molecule has 11 heteroatoms. The molecule has 1 aliphatic rings. The van der Waals surface area contributed by atoms with E-state index in [9.17, 15) is 36.3 Å². The molecule has 146 valence electrons. The summed E-state index contributed by atoms with van der Waals surface area (Å²) in [7, 11) is 0. The normalized spacial score (nSPS) is 19.5. The summed E-state index contributed by atoms with van der Waals surface area (Å²) in [5.41, 5.74) is -4.44. The predicted molar refractivity (Wildman–Crippen MR) is 85.1 cm³/mol. The minimum Gasteiger partial charge on any atom is -0.314 e. The van der Waals surface area contributed by atoms with E-state index in [2.05, 4.69) is 0 Å². The van der Waals surface area contributed by atoms with Crippen LogP contribution in [0.25, 0.3) is 0 Å². The molecule has 0 radical (unpaired) electrons. The second-order valence-electron chi connectivity index (χ2n) is 5.76. The van der Waals surface area contributed by atoms with Gasteiger partial charge in [-0.2, -0.15) is 13.2 Å². The van der Waals surface area contributed by atoms with Crippen LogP contribution in [0.5, 0.6) is 0 Å². The molecule has 1 saturated heterocycles.